The number of carbonyl (C=O) groups excluding carboxylic acids is 1. The van der Waals surface area contributed by atoms with Crippen LogP contribution in [0.15, 0.2) is 12.1 Å². The van der Waals surface area contributed by atoms with Gasteiger partial charge in [-0.2, -0.15) is 0 Å². The number of benzene rings is 1. The molecule has 0 aliphatic carbocycles. The van der Waals surface area contributed by atoms with Crippen LogP contribution in [0.5, 0.6) is 0 Å². The second-order valence-electron chi connectivity index (χ2n) is 4.28. The zero-order valence-electron chi connectivity index (χ0n) is 9.68. The summed E-state index contributed by atoms with van der Waals surface area (Å²) in [5.41, 5.74) is 0.423. The lowest BCUT2D eigenvalue weighted by Crippen LogP contribution is -2.31. The second-order valence-corrected chi connectivity index (χ2v) is 5.53. The van der Waals surface area contributed by atoms with Crippen LogP contribution in [0.4, 0.5) is 5.69 Å². The van der Waals surface area contributed by atoms with Crippen molar-refractivity contribution in [1.29, 1.82) is 0 Å². The predicted octanol–water partition coefficient (Wildman–Crippen LogP) is 3.68. The summed E-state index contributed by atoms with van der Waals surface area (Å²) in [5.74, 6) is -0.108. The average molecular weight is 308 g/mol. The number of halogens is 3. The van der Waals surface area contributed by atoms with Crippen molar-refractivity contribution in [3.05, 3.63) is 27.2 Å². The molecule has 0 saturated carbocycles. The number of likely N-dealkylation sites (tertiary alicyclic amines) is 1. The molecule has 18 heavy (non-hydrogen) atoms. The summed E-state index contributed by atoms with van der Waals surface area (Å²) in [7, 11) is 0. The van der Waals surface area contributed by atoms with E-state index in [4.69, 9.17) is 34.8 Å². The molecule has 1 aromatic rings. The third-order valence-corrected chi connectivity index (χ3v) is 3.65. The molecule has 2 rings (SSSR count). The predicted molar refractivity (Wildman–Crippen MR) is 75.8 cm³/mol. The summed E-state index contributed by atoms with van der Waals surface area (Å²) in [6, 6.07) is 3.11. The fraction of sp³-hybridized carbons (Fsp3) is 0.417. The first kappa shape index (κ1) is 13.9. The molecule has 1 heterocycles. The van der Waals surface area contributed by atoms with E-state index >= 15 is 0 Å². The zero-order chi connectivity index (χ0) is 13.1. The SMILES string of the molecule is O=C(CN1CCCC1)Nc1c(Cl)cc(Cl)cc1Cl. The minimum atomic E-state index is -0.108. The van der Waals surface area contributed by atoms with Gasteiger partial charge in [-0.1, -0.05) is 34.8 Å². The Morgan fingerprint density at radius 3 is 2.28 bits per heavy atom. The summed E-state index contributed by atoms with van der Waals surface area (Å²) in [6.07, 6.45) is 2.30. The van der Waals surface area contributed by atoms with Crippen LogP contribution >= 0.6 is 34.8 Å². The molecule has 6 heteroatoms. The third-order valence-electron chi connectivity index (χ3n) is 2.84. The average Bonchev–Trinajstić information content (AvgIpc) is 2.76. The summed E-state index contributed by atoms with van der Waals surface area (Å²) < 4.78 is 0. The van der Waals surface area contributed by atoms with Gasteiger partial charge in [0.25, 0.3) is 0 Å². The van der Waals surface area contributed by atoms with Crippen LogP contribution in [-0.4, -0.2) is 30.4 Å². The van der Waals surface area contributed by atoms with Gasteiger partial charge in [0.2, 0.25) is 5.91 Å². The lowest BCUT2D eigenvalue weighted by molar-refractivity contribution is -0.117. The molecule has 0 aromatic heterocycles. The first-order valence-electron chi connectivity index (χ1n) is 5.73. The molecule has 1 aliphatic rings. The monoisotopic (exact) mass is 306 g/mol. The molecule has 1 saturated heterocycles. The molecule has 98 valence electrons. The van der Waals surface area contributed by atoms with Gasteiger partial charge < -0.3 is 5.32 Å². The van der Waals surface area contributed by atoms with Crippen molar-refractivity contribution < 1.29 is 4.79 Å². The molecule has 0 spiro atoms. The lowest BCUT2D eigenvalue weighted by atomic mass is 10.3. The first-order valence-corrected chi connectivity index (χ1v) is 6.86. The maximum Gasteiger partial charge on any atom is 0.238 e. The maximum absolute atomic E-state index is 11.9. The van der Waals surface area contributed by atoms with Crippen molar-refractivity contribution in [2.45, 2.75) is 12.8 Å². The molecule has 0 radical (unpaired) electrons. The van der Waals surface area contributed by atoms with E-state index in [0.717, 1.165) is 25.9 Å². The Bertz CT molecular complexity index is 436. The summed E-state index contributed by atoms with van der Waals surface area (Å²) >= 11 is 17.8. The van der Waals surface area contributed by atoms with Gasteiger partial charge in [0.05, 0.1) is 22.3 Å². The number of hydrogen-bond donors (Lipinski definition) is 1. The molecular weight excluding hydrogens is 295 g/mol. The van der Waals surface area contributed by atoms with Crippen molar-refractivity contribution >= 4 is 46.4 Å². The standard InChI is InChI=1S/C12H13Cl3N2O/c13-8-5-9(14)12(10(15)6-8)16-11(18)7-17-3-1-2-4-17/h5-6H,1-4,7H2,(H,16,18). The van der Waals surface area contributed by atoms with Gasteiger partial charge in [0.15, 0.2) is 0 Å². The van der Waals surface area contributed by atoms with Gasteiger partial charge >= 0.3 is 0 Å². The van der Waals surface area contributed by atoms with E-state index < -0.39 is 0 Å². The minimum absolute atomic E-state index is 0.108. The van der Waals surface area contributed by atoms with Gasteiger partial charge in [0, 0.05) is 5.02 Å². The smallest absolute Gasteiger partial charge is 0.238 e. The van der Waals surface area contributed by atoms with Gasteiger partial charge in [-0.05, 0) is 38.1 Å². The Morgan fingerprint density at radius 1 is 1.17 bits per heavy atom. The molecule has 1 aromatic carbocycles. The highest BCUT2D eigenvalue weighted by molar-refractivity contribution is 6.42. The van der Waals surface area contributed by atoms with E-state index in [1.54, 1.807) is 12.1 Å². The fourth-order valence-corrected chi connectivity index (χ4v) is 2.90. The highest BCUT2D eigenvalue weighted by atomic mass is 35.5. The first-order chi connectivity index (χ1) is 8.56. The topological polar surface area (TPSA) is 32.3 Å². The largest absolute Gasteiger partial charge is 0.322 e. The Labute approximate surface area is 121 Å². The van der Waals surface area contributed by atoms with Crippen LogP contribution in [0.2, 0.25) is 15.1 Å². The van der Waals surface area contributed by atoms with Crippen LogP contribution < -0.4 is 5.32 Å². The Morgan fingerprint density at radius 2 is 1.72 bits per heavy atom. The van der Waals surface area contributed by atoms with Crippen molar-refractivity contribution in [2.75, 3.05) is 25.0 Å². The number of carbonyl (C=O) groups is 1. The molecule has 0 bridgehead atoms. The number of anilines is 1. The Balaban J connectivity index is 2.02. The van der Waals surface area contributed by atoms with Gasteiger partial charge in [-0.25, -0.2) is 0 Å². The van der Waals surface area contributed by atoms with Crippen LogP contribution in [0, 0.1) is 0 Å². The molecular formula is C12H13Cl3N2O. The number of hydrogen-bond acceptors (Lipinski definition) is 2. The van der Waals surface area contributed by atoms with Crippen molar-refractivity contribution in [2.24, 2.45) is 0 Å². The Hall–Kier alpha value is -0.480. The van der Waals surface area contributed by atoms with Crippen LogP contribution in [-0.2, 0) is 4.79 Å². The van der Waals surface area contributed by atoms with E-state index in [9.17, 15) is 4.79 Å². The molecule has 0 atom stereocenters. The minimum Gasteiger partial charge on any atom is -0.322 e. The summed E-state index contributed by atoms with van der Waals surface area (Å²) in [6.45, 7) is 2.31. The van der Waals surface area contributed by atoms with Crippen molar-refractivity contribution in [3.8, 4) is 0 Å². The number of rotatable bonds is 3. The second kappa shape index (κ2) is 6.11. The van der Waals surface area contributed by atoms with Gasteiger partial charge in [-0.15, -0.1) is 0 Å². The van der Waals surface area contributed by atoms with E-state index in [-0.39, 0.29) is 5.91 Å². The molecule has 1 amide bonds. The van der Waals surface area contributed by atoms with E-state index in [2.05, 4.69) is 10.2 Å². The molecule has 1 fully saturated rings. The maximum atomic E-state index is 11.9. The molecule has 0 unspecified atom stereocenters. The molecule has 1 aliphatic heterocycles. The van der Waals surface area contributed by atoms with Crippen LogP contribution in [0.3, 0.4) is 0 Å². The third kappa shape index (κ3) is 3.51. The number of amides is 1. The number of nitrogens with zero attached hydrogens (tertiary/aromatic N) is 1. The summed E-state index contributed by atoms with van der Waals surface area (Å²) in [5, 5.41) is 3.87. The van der Waals surface area contributed by atoms with Crippen molar-refractivity contribution in [3.63, 3.8) is 0 Å². The molecule has 1 N–H and O–H groups in total. The van der Waals surface area contributed by atoms with Crippen molar-refractivity contribution in [1.82, 2.24) is 4.90 Å². The van der Waals surface area contributed by atoms with Gasteiger partial charge in [0.1, 0.15) is 0 Å². The van der Waals surface area contributed by atoms with Gasteiger partial charge in [-0.3, -0.25) is 9.69 Å². The normalized spacial score (nSPS) is 15.9. The highest BCUT2D eigenvalue weighted by Gasteiger charge is 2.17. The van der Waals surface area contributed by atoms with Crippen LogP contribution in [0.25, 0.3) is 0 Å². The van der Waals surface area contributed by atoms with E-state index in [1.165, 1.54) is 0 Å². The quantitative estimate of drug-likeness (QED) is 0.924. The van der Waals surface area contributed by atoms with E-state index in [0.29, 0.717) is 27.3 Å². The summed E-state index contributed by atoms with van der Waals surface area (Å²) in [4.78, 5) is 14.0. The Kier molecular flexibility index (Phi) is 4.73. The molecule has 3 nitrogen and oxygen atoms in total. The van der Waals surface area contributed by atoms with Crippen LogP contribution in [0.1, 0.15) is 12.8 Å². The zero-order valence-corrected chi connectivity index (χ0v) is 11.9. The van der Waals surface area contributed by atoms with E-state index in [1.807, 2.05) is 0 Å². The fourth-order valence-electron chi connectivity index (χ4n) is 1.98. The highest BCUT2D eigenvalue weighted by Crippen LogP contribution is 2.33. The lowest BCUT2D eigenvalue weighted by Gasteiger charge is -2.15. The number of nitrogens with one attached hydrogen (secondary N) is 1.